The summed E-state index contributed by atoms with van der Waals surface area (Å²) >= 11 is 0. The Balaban J connectivity index is 2.00. The molecule has 1 heterocycles. The van der Waals surface area contributed by atoms with Crippen molar-refractivity contribution in [2.75, 3.05) is 26.2 Å². The van der Waals surface area contributed by atoms with Gasteiger partial charge in [-0.3, -0.25) is 9.69 Å². The number of esters is 1. The molecule has 0 bridgehead atoms. The quantitative estimate of drug-likeness (QED) is 0.791. The molecular weight excluding hydrogens is 240 g/mol. The highest BCUT2D eigenvalue weighted by atomic mass is 16.5. The molecule has 1 unspecified atom stereocenters. The van der Waals surface area contributed by atoms with E-state index < -0.39 is 0 Å². The summed E-state index contributed by atoms with van der Waals surface area (Å²) in [6, 6.07) is 0.291. The predicted octanol–water partition coefficient (Wildman–Crippen LogP) is 1.94. The number of piperazine rings is 1. The van der Waals surface area contributed by atoms with Crippen molar-refractivity contribution in [3.05, 3.63) is 0 Å². The zero-order valence-electron chi connectivity index (χ0n) is 12.4. The van der Waals surface area contributed by atoms with Crippen LogP contribution in [0.5, 0.6) is 0 Å². The lowest BCUT2D eigenvalue weighted by atomic mass is 9.78. The van der Waals surface area contributed by atoms with Gasteiger partial charge < -0.3 is 10.1 Å². The highest BCUT2D eigenvalue weighted by Gasteiger charge is 2.41. The monoisotopic (exact) mass is 268 g/mol. The Kier molecular flexibility index (Phi) is 5.22. The lowest BCUT2D eigenvalue weighted by Gasteiger charge is -2.52. The molecule has 1 atom stereocenters. The van der Waals surface area contributed by atoms with Gasteiger partial charge in [0.15, 0.2) is 0 Å². The molecule has 0 amide bonds. The zero-order valence-corrected chi connectivity index (χ0v) is 12.4. The molecule has 1 saturated heterocycles. The Morgan fingerprint density at radius 2 is 2.11 bits per heavy atom. The Morgan fingerprint density at radius 1 is 1.37 bits per heavy atom. The highest BCUT2D eigenvalue weighted by Crippen LogP contribution is 2.36. The van der Waals surface area contributed by atoms with E-state index in [1.807, 2.05) is 6.92 Å². The zero-order chi connectivity index (χ0) is 13.7. The van der Waals surface area contributed by atoms with Gasteiger partial charge in [0.2, 0.25) is 0 Å². The number of carbonyl (C=O) groups excluding carboxylic acids is 1. The molecule has 110 valence electrons. The second-order valence-electron chi connectivity index (χ2n) is 6.01. The van der Waals surface area contributed by atoms with Gasteiger partial charge in [0.1, 0.15) is 0 Å². The largest absolute Gasteiger partial charge is 0.466 e. The van der Waals surface area contributed by atoms with Crippen LogP contribution in [-0.2, 0) is 9.53 Å². The molecule has 2 fully saturated rings. The number of carbonyl (C=O) groups is 1. The summed E-state index contributed by atoms with van der Waals surface area (Å²) in [5.74, 6) is -0.0560. The van der Waals surface area contributed by atoms with E-state index >= 15 is 0 Å². The van der Waals surface area contributed by atoms with Crippen molar-refractivity contribution < 1.29 is 9.53 Å². The summed E-state index contributed by atoms with van der Waals surface area (Å²) in [7, 11) is 0. The molecule has 4 nitrogen and oxygen atoms in total. The van der Waals surface area contributed by atoms with E-state index in [1.54, 1.807) is 0 Å². The SMILES string of the molecule is CCOC(=O)CC(C)N1CCNCC12CCCCC2. The Bertz CT molecular complexity index is 292. The number of nitrogens with zero attached hydrogens (tertiary/aromatic N) is 1. The van der Waals surface area contributed by atoms with Crippen molar-refractivity contribution in [2.24, 2.45) is 0 Å². The van der Waals surface area contributed by atoms with E-state index in [-0.39, 0.29) is 5.97 Å². The fraction of sp³-hybridized carbons (Fsp3) is 0.933. The maximum atomic E-state index is 11.7. The van der Waals surface area contributed by atoms with Gasteiger partial charge in [0.05, 0.1) is 13.0 Å². The second-order valence-corrected chi connectivity index (χ2v) is 6.01. The maximum absolute atomic E-state index is 11.7. The Morgan fingerprint density at radius 3 is 2.79 bits per heavy atom. The van der Waals surface area contributed by atoms with Crippen LogP contribution in [0.25, 0.3) is 0 Å². The molecule has 0 aromatic rings. The van der Waals surface area contributed by atoms with Crippen molar-refractivity contribution in [3.63, 3.8) is 0 Å². The normalized spacial score (nSPS) is 25.2. The second kappa shape index (κ2) is 6.71. The molecule has 1 aliphatic carbocycles. The molecule has 1 saturated carbocycles. The van der Waals surface area contributed by atoms with Crippen molar-refractivity contribution in [1.82, 2.24) is 10.2 Å². The van der Waals surface area contributed by atoms with Gasteiger partial charge in [0.25, 0.3) is 0 Å². The van der Waals surface area contributed by atoms with Gasteiger partial charge in [-0.25, -0.2) is 0 Å². The van der Waals surface area contributed by atoms with E-state index in [4.69, 9.17) is 4.74 Å². The first-order valence-corrected chi connectivity index (χ1v) is 7.81. The van der Waals surface area contributed by atoms with E-state index in [9.17, 15) is 4.79 Å². The molecule has 0 aromatic carbocycles. The Labute approximate surface area is 116 Å². The molecule has 19 heavy (non-hydrogen) atoms. The Hall–Kier alpha value is -0.610. The number of hydrogen-bond acceptors (Lipinski definition) is 4. The van der Waals surface area contributed by atoms with Crippen LogP contribution in [0, 0.1) is 0 Å². The molecule has 0 aromatic heterocycles. The number of hydrogen-bond donors (Lipinski definition) is 1. The first kappa shape index (κ1) is 14.8. The smallest absolute Gasteiger partial charge is 0.307 e. The summed E-state index contributed by atoms with van der Waals surface area (Å²) in [6.07, 6.45) is 7.08. The van der Waals surface area contributed by atoms with Gasteiger partial charge >= 0.3 is 5.97 Å². The minimum absolute atomic E-state index is 0.0560. The molecule has 0 radical (unpaired) electrons. The van der Waals surface area contributed by atoms with E-state index in [0.717, 1.165) is 19.6 Å². The molecular formula is C15H28N2O2. The van der Waals surface area contributed by atoms with Crippen molar-refractivity contribution in [1.29, 1.82) is 0 Å². The lowest BCUT2D eigenvalue weighted by Crippen LogP contribution is -2.64. The highest BCUT2D eigenvalue weighted by molar-refractivity contribution is 5.70. The van der Waals surface area contributed by atoms with Crippen LogP contribution in [0.4, 0.5) is 0 Å². The van der Waals surface area contributed by atoms with Crippen LogP contribution < -0.4 is 5.32 Å². The molecule has 2 rings (SSSR count). The lowest BCUT2D eigenvalue weighted by molar-refractivity contribution is -0.145. The summed E-state index contributed by atoms with van der Waals surface area (Å²) < 4.78 is 5.10. The van der Waals surface area contributed by atoms with Crippen molar-refractivity contribution >= 4 is 5.97 Å². The topological polar surface area (TPSA) is 41.6 Å². The number of nitrogens with one attached hydrogen (secondary N) is 1. The standard InChI is InChI=1S/C15H28N2O2/c1-3-19-14(18)11-13(2)17-10-9-16-12-15(17)7-5-4-6-8-15/h13,16H,3-12H2,1-2H3. The van der Waals surface area contributed by atoms with Crippen LogP contribution in [0.1, 0.15) is 52.4 Å². The molecule has 4 heteroatoms. The average molecular weight is 268 g/mol. The van der Waals surface area contributed by atoms with Gasteiger partial charge in [-0.2, -0.15) is 0 Å². The maximum Gasteiger partial charge on any atom is 0.307 e. The molecule has 1 aliphatic heterocycles. The first-order chi connectivity index (χ1) is 9.18. The van der Waals surface area contributed by atoms with Gasteiger partial charge in [-0.15, -0.1) is 0 Å². The van der Waals surface area contributed by atoms with Crippen molar-refractivity contribution in [3.8, 4) is 0 Å². The minimum atomic E-state index is -0.0560. The molecule has 1 spiro atoms. The fourth-order valence-corrected chi connectivity index (χ4v) is 3.79. The van der Waals surface area contributed by atoms with E-state index in [1.165, 1.54) is 32.1 Å². The summed E-state index contributed by atoms with van der Waals surface area (Å²) in [5, 5.41) is 3.55. The third kappa shape index (κ3) is 3.48. The van der Waals surface area contributed by atoms with E-state index in [0.29, 0.717) is 24.6 Å². The number of ether oxygens (including phenoxy) is 1. The fourth-order valence-electron chi connectivity index (χ4n) is 3.79. The van der Waals surface area contributed by atoms with Crippen molar-refractivity contribution in [2.45, 2.75) is 64.0 Å². The first-order valence-electron chi connectivity index (χ1n) is 7.81. The van der Waals surface area contributed by atoms with Crippen LogP contribution in [0.2, 0.25) is 0 Å². The van der Waals surface area contributed by atoms with Gasteiger partial charge in [-0.05, 0) is 26.7 Å². The minimum Gasteiger partial charge on any atom is -0.466 e. The van der Waals surface area contributed by atoms with Crippen LogP contribution in [-0.4, -0.2) is 48.7 Å². The summed E-state index contributed by atoms with van der Waals surface area (Å²) in [4.78, 5) is 14.3. The number of rotatable bonds is 4. The van der Waals surface area contributed by atoms with Crippen LogP contribution >= 0.6 is 0 Å². The third-order valence-electron chi connectivity index (χ3n) is 4.68. The van der Waals surface area contributed by atoms with Crippen LogP contribution in [0.15, 0.2) is 0 Å². The molecule has 2 aliphatic rings. The van der Waals surface area contributed by atoms with Gasteiger partial charge in [-0.1, -0.05) is 19.3 Å². The summed E-state index contributed by atoms with van der Waals surface area (Å²) in [5.41, 5.74) is 0.294. The molecule has 1 N–H and O–H groups in total. The van der Waals surface area contributed by atoms with Gasteiger partial charge in [0, 0.05) is 31.2 Å². The predicted molar refractivity (Wildman–Crippen MR) is 76.1 cm³/mol. The summed E-state index contributed by atoms with van der Waals surface area (Å²) in [6.45, 7) is 7.71. The van der Waals surface area contributed by atoms with E-state index in [2.05, 4.69) is 17.1 Å². The van der Waals surface area contributed by atoms with Crippen LogP contribution in [0.3, 0.4) is 0 Å². The average Bonchev–Trinajstić information content (AvgIpc) is 2.40. The third-order valence-corrected chi connectivity index (χ3v) is 4.68.